The highest BCUT2D eigenvalue weighted by atomic mass is 19.3. The van der Waals surface area contributed by atoms with Crippen molar-refractivity contribution in [2.75, 3.05) is 19.0 Å². The number of anilines is 1. The van der Waals surface area contributed by atoms with Crippen molar-refractivity contribution in [3.8, 4) is 5.75 Å². The predicted molar refractivity (Wildman–Crippen MR) is 102 cm³/mol. The van der Waals surface area contributed by atoms with Gasteiger partial charge in [-0.3, -0.25) is 0 Å². The number of allylic oxidation sites excluding steroid dienone is 2. The second kappa shape index (κ2) is 10.2. The average molecular weight is 368 g/mol. The second-order valence-corrected chi connectivity index (χ2v) is 6.57. The van der Waals surface area contributed by atoms with Crippen LogP contribution in [0, 0.1) is 5.92 Å². The van der Waals surface area contributed by atoms with Crippen molar-refractivity contribution >= 4 is 5.69 Å². The number of rotatable bonds is 11. The molecule has 0 heterocycles. The molecule has 1 aromatic carbocycles. The molecule has 4 nitrogen and oxygen atoms in total. The number of ether oxygens (including phenoxy) is 2. The van der Waals surface area contributed by atoms with Crippen LogP contribution in [0.4, 0.5) is 14.5 Å². The second-order valence-electron chi connectivity index (χ2n) is 6.57. The third-order valence-electron chi connectivity index (χ3n) is 3.40. The lowest BCUT2D eigenvalue weighted by Crippen LogP contribution is -2.20. The highest BCUT2D eigenvalue weighted by molar-refractivity contribution is 5.62. The van der Waals surface area contributed by atoms with Crippen molar-refractivity contribution in [2.45, 2.75) is 46.8 Å². The molecule has 0 fully saturated rings. The van der Waals surface area contributed by atoms with E-state index in [-0.39, 0.29) is 5.75 Å². The van der Waals surface area contributed by atoms with E-state index in [0.29, 0.717) is 37.4 Å². The van der Waals surface area contributed by atoms with Crippen LogP contribution in [0.5, 0.6) is 5.75 Å². The number of benzene rings is 1. The summed E-state index contributed by atoms with van der Waals surface area (Å²) in [7, 11) is 1.82. The Morgan fingerprint density at radius 3 is 2.58 bits per heavy atom. The molecule has 1 aromatic rings. The lowest BCUT2D eigenvalue weighted by molar-refractivity contribution is -0.158. The molecule has 0 aliphatic carbocycles. The Kier molecular flexibility index (Phi) is 8.58. The SMILES string of the molecule is C=C(/C=C(\CC)NC)Nc1cc(COCC(C)C)ccc1OC(C)(F)F. The van der Waals surface area contributed by atoms with Crippen LogP contribution in [0.3, 0.4) is 0 Å². The van der Waals surface area contributed by atoms with Crippen molar-refractivity contribution in [2.24, 2.45) is 5.92 Å². The maximum Gasteiger partial charge on any atom is 0.394 e. The fraction of sp³-hybridized carbons (Fsp3) is 0.500. The standard InChI is InChI=1S/C20H30F2N2O2/c1-7-17(23-6)10-15(4)24-18-11-16(13-25-12-14(2)3)8-9-19(18)26-20(5,21)22/h8-11,14,23-24H,4,7,12-13H2,1-3,5-6H3/b17-10+. The lowest BCUT2D eigenvalue weighted by Gasteiger charge is -2.19. The molecule has 0 amide bonds. The molecule has 6 heteroatoms. The van der Waals surface area contributed by atoms with Crippen LogP contribution >= 0.6 is 0 Å². The highest BCUT2D eigenvalue weighted by Crippen LogP contribution is 2.31. The Balaban J connectivity index is 3.01. The summed E-state index contributed by atoms with van der Waals surface area (Å²) in [5.74, 6) is 0.482. The molecule has 0 aromatic heterocycles. The molecule has 2 N–H and O–H groups in total. The first kappa shape index (κ1) is 22.0. The Morgan fingerprint density at radius 2 is 2.04 bits per heavy atom. The van der Waals surface area contributed by atoms with E-state index in [4.69, 9.17) is 9.47 Å². The van der Waals surface area contributed by atoms with E-state index >= 15 is 0 Å². The summed E-state index contributed by atoms with van der Waals surface area (Å²) in [6.07, 6.45) is -0.644. The maximum atomic E-state index is 13.3. The molecular weight excluding hydrogens is 338 g/mol. The quantitative estimate of drug-likeness (QED) is 0.521. The van der Waals surface area contributed by atoms with Crippen LogP contribution in [-0.4, -0.2) is 19.8 Å². The van der Waals surface area contributed by atoms with Crippen LogP contribution in [0.1, 0.15) is 39.7 Å². The smallest absolute Gasteiger partial charge is 0.394 e. The van der Waals surface area contributed by atoms with E-state index in [1.807, 2.05) is 20.0 Å². The number of halogens is 2. The molecule has 0 aliphatic rings. The van der Waals surface area contributed by atoms with Gasteiger partial charge in [0.15, 0.2) is 0 Å². The van der Waals surface area contributed by atoms with E-state index in [1.54, 1.807) is 12.1 Å². The molecule has 0 saturated carbocycles. The number of nitrogens with one attached hydrogen (secondary N) is 2. The molecule has 146 valence electrons. The molecule has 0 unspecified atom stereocenters. The van der Waals surface area contributed by atoms with E-state index in [0.717, 1.165) is 17.7 Å². The van der Waals surface area contributed by atoms with E-state index in [9.17, 15) is 8.78 Å². The van der Waals surface area contributed by atoms with Gasteiger partial charge < -0.3 is 20.1 Å². The molecule has 26 heavy (non-hydrogen) atoms. The Labute approximate surface area is 155 Å². The number of hydrogen-bond acceptors (Lipinski definition) is 4. The maximum absolute atomic E-state index is 13.3. The zero-order valence-corrected chi connectivity index (χ0v) is 16.3. The van der Waals surface area contributed by atoms with Gasteiger partial charge in [-0.05, 0) is 36.1 Å². The van der Waals surface area contributed by atoms with Crippen LogP contribution in [0.15, 0.2) is 42.2 Å². The monoisotopic (exact) mass is 368 g/mol. The van der Waals surface area contributed by atoms with Crippen molar-refractivity contribution in [1.29, 1.82) is 0 Å². The summed E-state index contributed by atoms with van der Waals surface area (Å²) in [5, 5.41) is 6.11. The van der Waals surface area contributed by atoms with Gasteiger partial charge in [0.05, 0.1) is 12.3 Å². The van der Waals surface area contributed by atoms with Gasteiger partial charge in [0.2, 0.25) is 0 Å². The van der Waals surface area contributed by atoms with Gasteiger partial charge in [0, 0.05) is 32.0 Å². The van der Waals surface area contributed by atoms with E-state index in [1.165, 1.54) is 6.07 Å². The molecule has 1 rings (SSSR count). The van der Waals surface area contributed by atoms with Crippen LogP contribution in [0.25, 0.3) is 0 Å². The molecule has 0 spiro atoms. The van der Waals surface area contributed by atoms with Crippen molar-refractivity contribution in [1.82, 2.24) is 5.32 Å². The Hall–Kier alpha value is -2.08. The van der Waals surface area contributed by atoms with Gasteiger partial charge in [0.1, 0.15) is 5.75 Å². The lowest BCUT2D eigenvalue weighted by atomic mass is 10.1. The molecule has 0 bridgehead atoms. The molecule has 0 atom stereocenters. The van der Waals surface area contributed by atoms with Gasteiger partial charge in [0.25, 0.3) is 0 Å². The van der Waals surface area contributed by atoms with E-state index < -0.39 is 6.11 Å². The van der Waals surface area contributed by atoms with Crippen LogP contribution in [-0.2, 0) is 11.3 Å². The minimum absolute atomic E-state index is 0.0576. The summed E-state index contributed by atoms with van der Waals surface area (Å²) in [4.78, 5) is 0. The molecule has 0 aliphatic heterocycles. The molecule has 0 radical (unpaired) electrons. The molecule has 0 saturated heterocycles. The Bertz CT molecular complexity index is 617. The summed E-state index contributed by atoms with van der Waals surface area (Å²) in [5.41, 5.74) is 2.83. The van der Waals surface area contributed by atoms with Gasteiger partial charge in [-0.1, -0.05) is 33.4 Å². The first-order chi connectivity index (χ1) is 12.1. The van der Waals surface area contributed by atoms with Gasteiger partial charge in [-0.15, -0.1) is 0 Å². The molecular formula is C20H30F2N2O2. The summed E-state index contributed by atoms with van der Waals surface area (Å²) in [6.45, 7) is 11.8. The zero-order valence-electron chi connectivity index (χ0n) is 16.3. The largest absolute Gasteiger partial charge is 0.431 e. The average Bonchev–Trinajstić information content (AvgIpc) is 2.53. The fourth-order valence-electron chi connectivity index (χ4n) is 2.23. The van der Waals surface area contributed by atoms with Crippen molar-refractivity contribution < 1.29 is 18.3 Å². The highest BCUT2D eigenvalue weighted by Gasteiger charge is 2.25. The van der Waals surface area contributed by atoms with Gasteiger partial charge in [-0.25, -0.2) is 0 Å². The van der Waals surface area contributed by atoms with Gasteiger partial charge >= 0.3 is 6.11 Å². The fourth-order valence-corrected chi connectivity index (χ4v) is 2.23. The number of hydrogen-bond donors (Lipinski definition) is 2. The van der Waals surface area contributed by atoms with Crippen molar-refractivity contribution in [3.05, 3.63) is 47.8 Å². The van der Waals surface area contributed by atoms with Crippen molar-refractivity contribution in [3.63, 3.8) is 0 Å². The topological polar surface area (TPSA) is 42.5 Å². The van der Waals surface area contributed by atoms with Crippen LogP contribution < -0.4 is 15.4 Å². The van der Waals surface area contributed by atoms with E-state index in [2.05, 4.69) is 31.1 Å². The third kappa shape index (κ3) is 8.34. The summed E-state index contributed by atoms with van der Waals surface area (Å²) in [6, 6.07) is 4.98. The van der Waals surface area contributed by atoms with Gasteiger partial charge in [-0.2, -0.15) is 8.78 Å². The predicted octanol–water partition coefficient (Wildman–Crippen LogP) is 5.29. The zero-order chi connectivity index (χ0) is 19.7. The number of alkyl halides is 2. The minimum atomic E-state index is -3.27. The summed E-state index contributed by atoms with van der Waals surface area (Å²) < 4.78 is 37.0. The first-order valence-electron chi connectivity index (χ1n) is 8.76. The third-order valence-corrected chi connectivity index (χ3v) is 3.40. The van der Waals surface area contributed by atoms with Crippen LogP contribution in [0.2, 0.25) is 0 Å². The Morgan fingerprint density at radius 1 is 1.35 bits per heavy atom. The minimum Gasteiger partial charge on any atom is -0.431 e. The summed E-state index contributed by atoms with van der Waals surface area (Å²) >= 11 is 0. The first-order valence-corrected chi connectivity index (χ1v) is 8.76. The normalized spacial score (nSPS) is 12.2.